The van der Waals surface area contributed by atoms with Gasteiger partial charge in [-0.05, 0) is 96.3 Å². The fourth-order valence-corrected chi connectivity index (χ4v) is 9.70. The summed E-state index contributed by atoms with van der Waals surface area (Å²) in [7, 11) is 1.53. The largest absolute Gasteiger partial charge is 0.472 e. The zero-order chi connectivity index (χ0) is 57.0. The zero-order valence-corrected chi connectivity index (χ0v) is 52.3. The third-order valence-corrected chi connectivity index (χ3v) is 14.9. The van der Waals surface area contributed by atoms with E-state index in [-0.39, 0.29) is 19.1 Å². The minimum Gasteiger partial charge on any atom is -0.387 e. The molecule has 9 heteroatoms. The molecule has 0 aliphatic rings. The predicted molar refractivity (Wildman–Crippen MR) is 341 cm³/mol. The number of quaternary nitrogens is 1. The van der Waals surface area contributed by atoms with Gasteiger partial charge in [0.25, 0.3) is 0 Å². The number of aliphatic hydroxyl groups is 1. The Labute approximate surface area is 482 Å². The van der Waals surface area contributed by atoms with Gasteiger partial charge in [0.1, 0.15) is 13.2 Å². The van der Waals surface area contributed by atoms with E-state index in [0.717, 1.165) is 89.9 Å². The minimum atomic E-state index is -4.37. The van der Waals surface area contributed by atoms with Gasteiger partial charge >= 0.3 is 7.82 Å². The molecule has 0 bridgehead atoms. The number of aliphatic hydroxyl groups excluding tert-OH is 1. The van der Waals surface area contributed by atoms with E-state index in [4.69, 9.17) is 9.05 Å². The average Bonchev–Trinajstić information content (AvgIpc) is 3.41. The third-order valence-electron chi connectivity index (χ3n) is 14.0. The number of likely N-dealkylation sites (N-methyl/N-ethyl adjacent to an activating group) is 1. The lowest BCUT2D eigenvalue weighted by Crippen LogP contribution is -2.45. The van der Waals surface area contributed by atoms with E-state index in [2.05, 4.69) is 116 Å². The van der Waals surface area contributed by atoms with Crippen LogP contribution >= 0.6 is 7.82 Å². The highest BCUT2D eigenvalue weighted by Crippen LogP contribution is 2.43. The van der Waals surface area contributed by atoms with Crippen molar-refractivity contribution in [3.63, 3.8) is 0 Å². The fraction of sp³-hybridized carbons (Fsp3) is 0.725. The number of nitrogens with one attached hydrogen (secondary N) is 1. The molecule has 3 unspecified atom stereocenters. The first-order valence-corrected chi connectivity index (χ1v) is 33.8. The fourth-order valence-electron chi connectivity index (χ4n) is 8.96. The number of rotatable bonds is 58. The Morgan fingerprint density at radius 1 is 0.449 bits per heavy atom. The van der Waals surface area contributed by atoms with Crippen LogP contribution in [0.15, 0.2) is 109 Å². The van der Waals surface area contributed by atoms with E-state index in [9.17, 15) is 19.4 Å². The predicted octanol–water partition coefficient (Wildman–Crippen LogP) is 20.3. The quantitative estimate of drug-likeness (QED) is 0.0243. The van der Waals surface area contributed by atoms with Gasteiger partial charge in [0, 0.05) is 6.42 Å². The summed E-state index contributed by atoms with van der Waals surface area (Å²) >= 11 is 0. The molecule has 0 radical (unpaired) electrons. The highest BCUT2D eigenvalue weighted by molar-refractivity contribution is 7.47. The van der Waals surface area contributed by atoms with Crippen molar-refractivity contribution in [2.45, 2.75) is 283 Å². The maximum atomic E-state index is 13.0. The number of hydrogen-bond donors (Lipinski definition) is 3. The minimum absolute atomic E-state index is 0.0475. The number of phosphoric acid groups is 1. The highest BCUT2D eigenvalue weighted by atomic mass is 31.2. The number of amides is 1. The maximum absolute atomic E-state index is 13.0. The van der Waals surface area contributed by atoms with Gasteiger partial charge in [-0.1, -0.05) is 277 Å². The molecule has 0 fully saturated rings. The molecule has 0 heterocycles. The van der Waals surface area contributed by atoms with Gasteiger partial charge in [-0.2, -0.15) is 0 Å². The molecule has 0 aromatic carbocycles. The van der Waals surface area contributed by atoms with Crippen LogP contribution in [0.4, 0.5) is 0 Å². The Kier molecular flexibility index (Phi) is 56.7. The molecule has 0 aliphatic carbocycles. The lowest BCUT2D eigenvalue weighted by atomic mass is 10.0. The van der Waals surface area contributed by atoms with Crippen LogP contribution in [-0.2, 0) is 18.4 Å². The summed E-state index contributed by atoms with van der Waals surface area (Å²) in [6.07, 6.45) is 86.4. The Hall–Kier alpha value is -2.84. The topological polar surface area (TPSA) is 105 Å². The second kappa shape index (κ2) is 58.8. The molecule has 1 amide bonds. The molecule has 450 valence electrons. The van der Waals surface area contributed by atoms with Crippen LogP contribution in [0.2, 0.25) is 0 Å². The average molecular weight is 1110 g/mol. The Morgan fingerprint density at radius 2 is 0.782 bits per heavy atom. The molecule has 0 aromatic rings. The molecular formula is C69H124N2O6P+. The number of unbranched alkanes of at least 4 members (excludes halogenated alkanes) is 29. The van der Waals surface area contributed by atoms with Crippen LogP contribution in [0.5, 0.6) is 0 Å². The molecule has 78 heavy (non-hydrogen) atoms. The zero-order valence-electron chi connectivity index (χ0n) is 51.4. The summed E-state index contributed by atoms with van der Waals surface area (Å²) in [6, 6.07) is -0.881. The SMILES string of the molecule is CC/C=C\C/C=C\C/C=C\C/C=C\C/C=C\C/C=C\CCCCCCCCCCCCC(=O)NC(COP(=O)(O)OCC[N+](C)(C)C)C(O)/C=C/CC/C=C/CC/C=C/CCCCCCCCCCCCCCCCCCC. The van der Waals surface area contributed by atoms with Crippen LogP contribution < -0.4 is 5.32 Å². The first-order valence-electron chi connectivity index (χ1n) is 32.3. The number of hydrogen-bond acceptors (Lipinski definition) is 5. The number of allylic oxidation sites excluding steroid dienone is 17. The number of carbonyl (C=O) groups excluding carboxylic acids is 1. The Balaban J connectivity index is 4.24. The van der Waals surface area contributed by atoms with Crippen LogP contribution in [0.1, 0.15) is 271 Å². The lowest BCUT2D eigenvalue weighted by Gasteiger charge is -2.25. The van der Waals surface area contributed by atoms with Crippen LogP contribution in [0, 0.1) is 0 Å². The van der Waals surface area contributed by atoms with Crippen molar-refractivity contribution < 1.29 is 32.9 Å². The Bertz CT molecular complexity index is 1640. The van der Waals surface area contributed by atoms with Gasteiger partial charge < -0.3 is 19.8 Å². The summed E-state index contributed by atoms with van der Waals surface area (Å²) in [4.78, 5) is 23.4. The Morgan fingerprint density at radius 3 is 1.18 bits per heavy atom. The van der Waals surface area contributed by atoms with Gasteiger partial charge in [-0.3, -0.25) is 13.8 Å². The standard InChI is InChI=1S/C69H123N2O6P/c1-6-8-10-12-14-16-18-20-22-24-26-28-30-32-34-35-37-39-41-43-45-47-49-51-53-55-57-59-61-63-69(73)70-67(66-77-78(74,75)76-65-64-71(3,4)5)68(72)62-60-58-56-54-52-50-48-46-44-42-40-38-36-33-31-29-27-25-23-21-19-17-15-13-11-9-7-2/h8,10,14,16,20,22,26,28,32,34,37,39,44,46,52,54,60,62,67-68,72H,6-7,9,11-13,15,17-19,21,23-25,27,29-31,33,35-36,38,40-43,45,47-51,53,55-59,61,63-66H2,1-5H3,(H-,70,73,74,75)/p+1/b10-8-,16-14-,22-20-,28-26-,34-32-,39-37-,46-44+,54-52+,62-60+. The summed E-state index contributed by atoms with van der Waals surface area (Å²) < 4.78 is 23.7. The van der Waals surface area contributed by atoms with Crippen molar-refractivity contribution in [1.82, 2.24) is 5.32 Å². The van der Waals surface area contributed by atoms with Gasteiger partial charge in [0.05, 0.1) is 39.9 Å². The highest BCUT2D eigenvalue weighted by Gasteiger charge is 2.27. The summed E-state index contributed by atoms with van der Waals surface area (Å²) in [6.45, 7) is 4.68. The van der Waals surface area contributed by atoms with E-state index in [1.54, 1.807) is 6.08 Å². The van der Waals surface area contributed by atoms with Crippen molar-refractivity contribution in [1.29, 1.82) is 0 Å². The molecule has 0 aliphatic heterocycles. The molecule has 0 aromatic heterocycles. The molecule has 0 saturated heterocycles. The van der Waals surface area contributed by atoms with Gasteiger partial charge in [-0.15, -0.1) is 0 Å². The first-order chi connectivity index (χ1) is 38.0. The van der Waals surface area contributed by atoms with E-state index >= 15 is 0 Å². The number of carbonyl (C=O) groups is 1. The molecule has 3 N–H and O–H groups in total. The second-order valence-corrected chi connectivity index (χ2v) is 24.2. The molecule has 0 spiro atoms. The number of nitrogens with zero attached hydrogens (tertiary/aromatic N) is 1. The normalized spacial score (nSPS) is 14.5. The first kappa shape index (κ1) is 75.2. The van der Waals surface area contributed by atoms with Crippen molar-refractivity contribution in [3.8, 4) is 0 Å². The second-order valence-electron chi connectivity index (χ2n) is 22.7. The molecular weight excluding hydrogens is 984 g/mol. The van der Waals surface area contributed by atoms with Crippen molar-refractivity contribution in [2.24, 2.45) is 0 Å². The molecule has 8 nitrogen and oxygen atoms in total. The van der Waals surface area contributed by atoms with Gasteiger partial charge in [-0.25, -0.2) is 4.57 Å². The van der Waals surface area contributed by atoms with Crippen LogP contribution in [0.25, 0.3) is 0 Å². The molecule has 3 atom stereocenters. The third kappa shape index (κ3) is 60.8. The van der Waals surface area contributed by atoms with Gasteiger partial charge in [0.15, 0.2) is 0 Å². The van der Waals surface area contributed by atoms with Crippen LogP contribution in [0.3, 0.4) is 0 Å². The van der Waals surface area contributed by atoms with E-state index in [0.29, 0.717) is 17.4 Å². The van der Waals surface area contributed by atoms with Crippen LogP contribution in [-0.4, -0.2) is 73.4 Å². The maximum Gasteiger partial charge on any atom is 0.472 e. The monoisotopic (exact) mass is 1110 g/mol. The van der Waals surface area contributed by atoms with E-state index in [1.165, 1.54) is 161 Å². The molecule has 0 rings (SSSR count). The van der Waals surface area contributed by atoms with E-state index in [1.807, 2.05) is 27.2 Å². The van der Waals surface area contributed by atoms with Crippen molar-refractivity contribution in [2.75, 3.05) is 40.9 Å². The van der Waals surface area contributed by atoms with E-state index < -0.39 is 20.0 Å². The lowest BCUT2D eigenvalue weighted by molar-refractivity contribution is -0.870. The summed E-state index contributed by atoms with van der Waals surface area (Å²) in [5.41, 5.74) is 0. The van der Waals surface area contributed by atoms with Crippen molar-refractivity contribution >= 4 is 13.7 Å². The smallest absolute Gasteiger partial charge is 0.387 e. The molecule has 0 saturated carbocycles. The van der Waals surface area contributed by atoms with Crippen molar-refractivity contribution in [3.05, 3.63) is 109 Å². The summed E-state index contributed by atoms with van der Waals surface area (Å²) in [5, 5.41) is 14.0. The van der Waals surface area contributed by atoms with Gasteiger partial charge in [0.2, 0.25) is 5.91 Å². The number of phosphoric ester groups is 1. The summed E-state index contributed by atoms with van der Waals surface area (Å²) in [5.74, 6) is -0.198.